The van der Waals surface area contributed by atoms with E-state index in [0.29, 0.717) is 16.3 Å². The van der Waals surface area contributed by atoms with Gasteiger partial charge in [-0.15, -0.1) is 0 Å². The van der Waals surface area contributed by atoms with E-state index in [4.69, 9.17) is 11.6 Å². The third-order valence-electron chi connectivity index (χ3n) is 5.91. The lowest BCUT2D eigenvalue weighted by atomic mass is 10.1. The van der Waals surface area contributed by atoms with Crippen molar-refractivity contribution in [2.45, 2.75) is 38.3 Å². The molecule has 0 aromatic heterocycles. The molecule has 1 atom stereocenters. The molecule has 0 bridgehead atoms. The van der Waals surface area contributed by atoms with Crippen molar-refractivity contribution in [3.8, 4) is 0 Å². The normalized spacial score (nSPS) is 12.0. The second kappa shape index (κ2) is 11.6. The Hall–Kier alpha value is -3.36. The number of rotatable bonds is 9. The first kappa shape index (κ1) is 27.2. The zero-order valence-corrected chi connectivity index (χ0v) is 22.3. The van der Waals surface area contributed by atoms with Gasteiger partial charge in [-0.3, -0.25) is 13.9 Å². The van der Waals surface area contributed by atoms with E-state index in [1.165, 1.54) is 24.1 Å². The smallest absolute Gasteiger partial charge is 0.264 e. The Morgan fingerprint density at radius 1 is 0.972 bits per heavy atom. The fourth-order valence-corrected chi connectivity index (χ4v) is 5.52. The largest absolute Gasteiger partial charge is 0.357 e. The summed E-state index contributed by atoms with van der Waals surface area (Å²) in [7, 11) is -2.59. The van der Waals surface area contributed by atoms with Crippen LogP contribution in [0.15, 0.2) is 77.7 Å². The Bertz CT molecular complexity index is 1330. The minimum Gasteiger partial charge on any atom is -0.357 e. The van der Waals surface area contributed by atoms with Crippen LogP contribution in [-0.2, 0) is 26.2 Å². The molecule has 2 amide bonds. The van der Waals surface area contributed by atoms with E-state index < -0.39 is 28.5 Å². The van der Waals surface area contributed by atoms with Crippen molar-refractivity contribution in [2.24, 2.45) is 0 Å². The summed E-state index contributed by atoms with van der Waals surface area (Å²) in [6, 6.07) is 19.5. The Balaban J connectivity index is 2.05. The van der Waals surface area contributed by atoms with Crippen LogP contribution < -0.4 is 9.62 Å². The summed E-state index contributed by atoms with van der Waals surface area (Å²) in [5, 5.41) is 3.11. The summed E-state index contributed by atoms with van der Waals surface area (Å²) >= 11 is 6.00. The number of hydrogen-bond donors (Lipinski definition) is 1. The van der Waals surface area contributed by atoms with Crippen LogP contribution in [-0.4, -0.2) is 44.8 Å². The Morgan fingerprint density at radius 3 is 2.19 bits per heavy atom. The van der Waals surface area contributed by atoms with E-state index in [1.807, 2.05) is 13.0 Å². The Kier molecular flexibility index (Phi) is 8.76. The highest BCUT2D eigenvalue weighted by Crippen LogP contribution is 2.28. The highest BCUT2D eigenvalue weighted by molar-refractivity contribution is 7.92. The number of nitrogens with zero attached hydrogens (tertiary/aromatic N) is 2. The van der Waals surface area contributed by atoms with Crippen LogP contribution in [0.2, 0.25) is 5.02 Å². The van der Waals surface area contributed by atoms with Crippen molar-refractivity contribution in [1.82, 2.24) is 10.2 Å². The highest BCUT2D eigenvalue weighted by atomic mass is 35.5. The lowest BCUT2D eigenvalue weighted by molar-refractivity contribution is -0.139. The van der Waals surface area contributed by atoms with Gasteiger partial charge in [0, 0.05) is 18.6 Å². The summed E-state index contributed by atoms with van der Waals surface area (Å²) in [6.45, 7) is 4.96. The van der Waals surface area contributed by atoms with Gasteiger partial charge in [-0.25, -0.2) is 8.42 Å². The first-order valence-electron chi connectivity index (χ1n) is 11.4. The number of amides is 2. The van der Waals surface area contributed by atoms with E-state index in [1.54, 1.807) is 68.4 Å². The molecule has 1 N–H and O–H groups in total. The minimum absolute atomic E-state index is 0.0707. The molecule has 3 aromatic rings. The molecule has 0 aliphatic rings. The standard InChI is InChI=1S/C27H30ClN3O4S/c1-19-10-15-25(20(2)16-19)31(36(34,35)24-8-6-5-7-9-24)18-26(32)30(21(3)27(33)29-4)17-22-11-13-23(28)14-12-22/h5-16,21H,17-18H2,1-4H3,(H,29,33)/t21-/m0/s1. The number of hydrogen-bond acceptors (Lipinski definition) is 4. The van der Waals surface area contributed by atoms with Gasteiger partial charge in [0.2, 0.25) is 11.8 Å². The molecular weight excluding hydrogens is 498 g/mol. The topological polar surface area (TPSA) is 86.8 Å². The van der Waals surface area contributed by atoms with E-state index >= 15 is 0 Å². The van der Waals surface area contributed by atoms with Gasteiger partial charge in [0.25, 0.3) is 10.0 Å². The number of nitrogens with one attached hydrogen (secondary N) is 1. The van der Waals surface area contributed by atoms with Gasteiger partial charge in [0.05, 0.1) is 10.6 Å². The summed E-state index contributed by atoms with van der Waals surface area (Å²) < 4.78 is 28.6. The number of aryl methyl sites for hydroxylation is 2. The molecule has 0 radical (unpaired) electrons. The van der Waals surface area contributed by atoms with Gasteiger partial charge in [-0.1, -0.05) is 59.6 Å². The van der Waals surface area contributed by atoms with Crippen molar-refractivity contribution < 1.29 is 18.0 Å². The second-order valence-electron chi connectivity index (χ2n) is 8.55. The highest BCUT2D eigenvalue weighted by Gasteiger charge is 2.32. The second-order valence-corrected chi connectivity index (χ2v) is 10.9. The summed E-state index contributed by atoms with van der Waals surface area (Å²) in [5.41, 5.74) is 2.84. The molecule has 0 aliphatic carbocycles. The van der Waals surface area contributed by atoms with Crippen LogP contribution >= 0.6 is 11.6 Å². The van der Waals surface area contributed by atoms with Crippen molar-refractivity contribution in [3.63, 3.8) is 0 Å². The van der Waals surface area contributed by atoms with Gasteiger partial charge in [0.15, 0.2) is 0 Å². The van der Waals surface area contributed by atoms with Gasteiger partial charge in [-0.2, -0.15) is 0 Å². The maximum atomic E-state index is 13.7. The first-order valence-corrected chi connectivity index (χ1v) is 13.3. The van der Waals surface area contributed by atoms with Crippen molar-refractivity contribution in [1.29, 1.82) is 0 Å². The van der Waals surface area contributed by atoms with Crippen molar-refractivity contribution >= 4 is 39.1 Å². The molecule has 0 unspecified atom stereocenters. The fourth-order valence-electron chi connectivity index (χ4n) is 3.90. The third kappa shape index (κ3) is 6.25. The van der Waals surface area contributed by atoms with E-state index in [0.717, 1.165) is 15.4 Å². The molecule has 0 saturated heterocycles. The third-order valence-corrected chi connectivity index (χ3v) is 7.94. The van der Waals surface area contributed by atoms with Crippen LogP contribution in [0.3, 0.4) is 0 Å². The molecule has 0 spiro atoms. The number of halogens is 1. The van der Waals surface area contributed by atoms with E-state index in [-0.39, 0.29) is 17.3 Å². The molecule has 7 nitrogen and oxygen atoms in total. The Morgan fingerprint density at radius 2 is 1.61 bits per heavy atom. The van der Waals surface area contributed by atoms with Crippen LogP contribution in [0.5, 0.6) is 0 Å². The van der Waals surface area contributed by atoms with Crippen LogP contribution in [0.4, 0.5) is 5.69 Å². The zero-order valence-electron chi connectivity index (χ0n) is 20.7. The zero-order chi connectivity index (χ0) is 26.5. The van der Waals surface area contributed by atoms with Gasteiger partial charge in [0.1, 0.15) is 12.6 Å². The van der Waals surface area contributed by atoms with Crippen LogP contribution in [0, 0.1) is 13.8 Å². The van der Waals surface area contributed by atoms with E-state index in [9.17, 15) is 18.0 Å². The van der Waals surface area contributed by atoms with Crippen LogP contribution in [0.25, 0.3) is 0 Å². The maximum absolute atomic E-state index is 13.7. The average Bonchev–Trinajstić information content (AvgIpc) is 2.86. The number of carbonyl (C=O) groups excluding carboxylic acids is 2. The van der Waals surface area contributed by atoms with Gasteiger partial charge >= 0.3 is 0 Å². The van der Waals surface area contributed by atoms with Gasteiger partial charge in [-0.05, 0) is 62.2 Å². The monoisotopic (exact) mass is 527 g/mol. The number of anilines is 1. The number of carbonyl (C=O) groups is 2. The summed E-state index contributed by atoms with van der Waals surface area (Å²) in [6.07, 6.45) is 0. The fraction of sp³-hybridized carbons (Fsp3) is 0.259. The van der Waals surface area contributed by atoms with Gasteiger partial charge < -0.3 is 10.2 Å². The molecule has 3 aromatic carbocycles. The predicted octanol–water partition coefficient (Wildman–Crippen LogP) is 4.32. The lowest BCUT2D eigenvalue weighted by Gasteiger charge is -2.32. The molecule has 9 heteroatoms. The SMILES string of the molecule is CNC(=O)[C@H](C)N(Cc1ccc(Cl)cc1)C(=O)CN(c1ccc(C)cc1C)S(=O)(=O)c1ccccc1. The quantitative estimate of drug-likeness (QED) is 0.449. The van der Waals surface area contributed by atoms with Crippen molar-refractivity contribution in [3.05, 3.63) is 94.5 Å². The predicted molar refractivity (Wildman–Crippen MR) is 142 cm³/mol. The molecular formula is C27H30ClN3O4S. The molecule has 0 heterocycles. The average molecular weight is 528 g/mol. The Labute approximate surface area is 217 Å². The summed E-state index contributed by atoms with van der Waals surface area (Å²) in [4.78, 5) is 27.7. The lowest BCUT2D eigenvalue weighted by Crippen LogP contribution is -2.50. The first-order chi connectivity index (χ1) is 17.0. The number of benzene rings is 3. The molecule has 0 fully saturated rings. The maximum Gasteiger partial charge on any atom is 0.264 e. The molecule has 0 aliphatic heterocycles. The number of sulfonamides is 1. The van der Waals surface area contributed by atoms with Crippen LogP contribution in [0.1, 0.15) is 23.6 Å². The minimum atomic E-state index is -4.08. The number of likely N-dealkylation sites (N-methyl/N-ethyl adjacent to an activating group) is 1. The molecule has 0 saturated carbocycles. The molecule has 190 valence electrons. The summed E-state index contributed by atoms with van der Waals surface area (Å²) in [5.74, 6) is -0.873. The molecule has 3 rings (SSSR count). The van der Waals surface area contributed by atoms with Crippen molar-refractivity contribution in [2.75, 3.05) is 17.9 Å². The van der Waals surface area contributed by atoms with E-state index in [2.05, 4.69) is 5.32 Å². The molecule has 36 heavy (non-hydrogen) atoms.